The average molecular weight is 188 g/mol. The van der Waals surface area contributed by atoms with E-state index in [1.807, 2.05) is 6.92 Å². The highest BCUT2D eigenvalue weighted by molar-refractivity contribution is 8.03. The van der Waals surface area contributed by atoms with Crippen LogP contribution in [0.25, 0.3) is 0 Å². The summed E-state index contributed by atoms with van der Waals surface area (Å²) in [4.78, 5) is 10.0. The number of ether oxygens (including phenoxy) is 1. The summed E-state index contributed by atoms with van der Waals surface area (Å²) in [7, 11) is 0. The first-order valence-electron chi connectivity index (χ1n) is 3.69. The molecule has 5 heteroatoms. The number of carbonyl (C=O) groups is 1. The van der Waals surface area contributed by atoms with Crippen LogP contribution in [0.3, 0.4) is 0 Å². The van der Waals surface area contributed by atoms with E-state index in [9.17, 15) is 4.79 Å². The van der Waals surface area contributed by atoms with Crippen LogP contribution in [0.5, 0.6) is 0 Å². The van der Waals surface area contributed by atoms with Gasteiger partial charge in [0.15, 0.2) is 0 Å². The maximum Gasteiger partial charge on any atom is 0.309 e. The predicted octanol–water partition coefficient (Wildman–Crippen LogP) is 0.707. The van der Waals surface area contributed by atoms with Crippen LogP contribution in [-0.4, -0.2) is 11.0 Å². The number of nitrogens with one attached hydrogen (secondary N) is 1. The zero-order valence-corrected chi connectivity index (χ0v) is 7.90. The molecule has 0 bridgehead atoms. The van der Waals surface area contributed by atoms with Gasteiger partial charge in [-0.25, -0.2) is 0 Å². The van der Waals surface area contributed by atoms with Gasteiger partial charge >= 0.3 is 5.97 Å². The van der Waals surface area contributed by atoms with Gasteiger partial charge in [-0.2, -0.15) is 0 Å². The molecule has 0 amide bonds. The Balaban J connectivity index is 2.48. The molecule has 1 aliphatic rings. The highest BCUT2D eigenvalue weighted by atomic mass is 32.2. The number of thioether (sulfide) groups is 1. The van der Waals surface area contributed by atoms with Crippen molar-refractivity contribution in [2.45, 2.75) is 25.3 Å². The molecule has 12 heavy (non-hydrogen) atoms. The Labute approximate surface area is 75.5 Å². The van der Waals surface area contributed by atoms with Crippen molar-refractivity contribution in [2.24, 2.45) is 5.73 Å². The van der Waals surface area contributed by atoms with Crippen LogP contribution >= 0.6 is 11.8 Å². The maximum absolute atomic E-state index is 10.5. The second-order valence-corrected chi connectivity index (χ2v) is 3.76. The summed E-state index contributed by atoms with van der Waals surface area (Å²) < 4.78 is 4.82. The Hall–Kier alpha value is -0.680. The number of hydrogen-bond donors (Lipinski definition) is 2. The second kappa shape index (κ2) is 3.37. The topological polar surface area (TPSA) is 64.3 Å². The Bertz CT molecular complexity index is 229. The van der Waals surface area contributed by atoms with Crippen LogP contribution in [0.1, 0.15) is 20.3 Å². The minimum atomic E-state index is -0.509. The third-order valence-electron chi connectivity index (χ3n) is 1.49. The van der Waals surface area contributed by atoms with E-state index >= 15 is 0 Å². The molecule has 0 saturated heterocycles. The number of rotatable bonds is 2. The Morgan fingerprint density at radius 1 is 1.92 bits per heavy atom. The molecule has 68 valence electrons. The standard InChI is InChI=1S/C7H12N2O2S/c1-3-7(8)9-6(4-12-7)11-5(2)10/h4,9H,3,8H2,1-2H3. The van der Waals surface area contributed by atoms with E-state index in [1.165, 1.54) is 18.7 Å². The smallest absolute Gasteiger partial charge is 0.309 e. The fourth-order valence-electron chi connectivity index (χ4n) is 0.802. The van der Waals surface area contributed by atoms with Gasteiger partial charge in [-0.1, -0.05) is 18.7 Å². The Kier molecular flexibility index (Phi) is 2.64. The molecule has 0 aromatic heterocycles. The SMILES string of the molecule is CCC1(N)NC(OC(C)=O)=CS1. The first-order chi connectivity index (χ1) is 5.56. The van der Waals surface area contributed by atoms with Gasteiger partial charge in [-0.05, 0) is 6.42 Å². The van der Waals surface area contributed by atoms with Gasteiger partial charge in [0.25, 0.3) is 0 Å². The summed E-state index contributed by atoms with van der Waals surface area (Å²) in [5, 5.41) is 4.62. The molecule has 1 aliphatic heterocycles. The first kappa shape index (κ1) is 9.41. The monoisotopic (exact) mass is 188 g/mol. The molecular weight excluding hydrogens is 176 g/mol. The fourth-order valence-corrected chi connectivity index (χ4v) is 1.55. The molecule has 4 nitrogen and oxygen atoms in total. The van der Waals surface area contributed by atoms with E-state index in [0.29, 0.717) is 5.88 Å². The van der Waals surface area contributed by atoms with Crippen LogP contribution in [-0.2, 0) is 9.53 Å². The predicted molar refractivity (Wildman–Crippen MR) is 47.8 cm³/mol. The lowest BCUT2D eigenvalue weighted by Gasteiger charge is -2.22. The summed E-state index contributed by atoms with van der Waals surface area (Å²) in [6, 6.07) is 0. The van der Waals surface area contributed by atoms with Gasteiger partial charge in [0, 0.05) is 12.3 Å². The molecule has 0 spiro atoms. The van der Waals surface area contributed by atoms with E-state index in [1.54, 1.807) is 5.41 Å². The third kappa shape index (κ3) is 2.15. The number of carbonyl (C=O) groups excluding carboxylic acids is 1. The quantitative estimate of drug-likeness (QED) is 0.625. The van der Waals surface area contributed by atoms with Gasteiger partial charge < -0.3 is 10.1 Å². The van der Waals surface area contributed by atoms with E-state index in [-0.39, 0.29) is 5.97 Å². The maximum atomic E-state index is 10.5. The molecule has 1 heterocycles. The largest absolute Gasteiger partial charge is 0.409 e. The third-order valence-corrected chi connectivity index (χ3v) is 2.63. The molecule has 0 radical (unpaired) electrons. The normalized spacial score (nSPS) is 27.8. The molecule has 0 aromatic rings. The van der Waals surface area contributed by atoms with E-state index in [4.69, 9.17) is 10.5 Å². The lowest BCUT2D eigenvalue weighted by Crippen LogP contribution is -2.46. The number of esters is 1. The molecule has 1 rings (SSSR count). The van der Waals surface area contributed by atoms with Crippen molar-refractivity contribution in [1.29, 1.82) is 0 Å². The average Bonchev–Trinajstić information content (AvgIpc) is 2.32. The lowest BCUT2D eigenvalue weighted by atomic mass is 10.4. The summed E-state index contributed by atoms with van der Waals surface area (Å²) in [5.74, 6) is 0.103. The lowest BCUT2D eigenvalue weighted by molar-refractivity contribution is -0.137. The van der Waals surface area contributed by atoms with Gasteiger partial charge in [0.05, 0.1) is 0 Å². The van der Waals surface area contributed by atoms with Crippen molar-refractivity contribution < 1.29 is 9.53 Å². The minimum absolute atomic E-state index is 0.338. The van der Waals surface area contributed by atoms with Crippen LogP contribution < -0.4 is 11.1 Å². The van der Waals surface area contributed by atoms with E-state index in [0.717, 1.165) is 6.42 Å². The molecule has 1 atom stereocenters. The van der Waals surface area contributed by atoms with Crippen molar-refractivity contribution in [1.82, 2.24) is 5.32 Å². The minimum Gasteiger partial charge on any atom is -0.409 e. The highest BCUT2D eigenvalue weighted by Crippen LogP contribution is 2.29. The van der Waals surface area contributed by atoms with Crippen LogP contribution in [0.4, 0.5) is 0 Å². The van der Waals surface area contributed by atoms with Gasteiger partial charge in [-0.3, -0.25) is 10.5 Å². The van der Waals surface area contributed by atoms with Gasteiger partial charge in [-0.15, -0.1) is 0 Å². The first-order valence-corrected chi connectivity index (χ1v) is 4.57. The summed E-state index contributed by atoms with van der Waals surface area (Å²) in [6.45, 7) is 3.32. The van der Waals surface area contributed by atoms with E-state index in [2.05, 4.69) is 5.32 Å². The zero-order chi connectivity index (χ0) is 9.19. The Morgan fingerprint density at radius 2 is 2.58 bits per heavy atom. The van der Waals surface area contributed by atoms with Crippen molar-refractivity contribution in [3.63, 3.8) is 0 Å². The number of nitrogens with two attached hydrogens (primary N) is 1. The molecule has 0 fully saturated rings. The Morgan fingerprint density at radius 3 is 3.00 bits per heavy atom. The molecule has 0 aromatic carbocycles. The fraction of sp³-hybridized carbons (Fsp3) is 0.571. The molecule has 0 saturated carbocycles. The van der Waals surface area contributed by atoms with Crippen molar-refractivity contribution in [2.75, 3.05) is 0 Å². The van der Waals surface area contributed by atoms with Gasteiger partial charge in [0.1, 0.15) is 4.99 Å². The summed E-state index contributed by atoms with van der Waals surface area (Å²) >= 11 is 1.42. The molecule has 1 unspecified atom stereocenters. The van der Waals surface area contributed by atoms with Crippen LogP contribution in [0.2, 0.25) is 0 Å². The summed E-state index contributed by atoms with van der Waals surface area (Å²) in [6.07, 6.45) is 0.763. The van der Waals surface area contributed by atoms with Crippen molar-refractivity contribution >= 4 is 17.7 Å². The molecule has 0 aliphatic carbocycles. The van der Waals surface area contributed by atoms with Crippen molar-refractivity contribution in [3.05, 3.63) is 11.3 Å². The van der Waals surface area contributed by atoms with Crippen LogP contribution in [0, 0.1) is 0 Å². The molecule has 3 N–H and O–H groups in total. The van der Waals surface area contributed by atoms with Crippen molar-refractivity contribution in [3.8, 4) is 0 Å². The zero-order valence-electron chi connectivity index (χ0n) is 7.09. The van der Waals surface area contributed by atoms with Crippen LogP contribution in [0.15, 0.2) is 11.3 Å². The second-order valence-electron chi connectivity index (χ2n) is 2.56. The summed E-state index contributed by atoms with van der Waals surface area (Å²) in [5.41, 5.74) is 5.83. The highest BCUT2D eigenvalue weighted by Gasteiger charge is 2.29. The van der Waals surface area contributed by atoms with Gasteiger partial charge in [0.2, 0.25) is 5.88 Å². The van der Waals surface area contributed by atoms with E-state index < -0.39 is 4.99 Å². The number of hydrogen-bond acceptors (Lipinski definition) is 5. The molecular formula is C7H12N2O2S.